The van der Waals surface area contributed by atoms with Crippen LogP contribution >= 0.6 is 11.8 Å². The number of carboxylic acid groups (broad SMARTS) is 1. The van der Waals surface area contributed by atoms with Gasteiger partial charge in [-0.2, -0.15) is 0 Å². The minimum absolute atomic E-state index is 0.0320. The van der Waals surface area contributed by atoms with Crippen molar-refractivity contribution in [1.82, 2.24) is 10.6 Å². The number of imide groups is 1. The fraction of sp³-hybridized carbons (Fsp3) is 0.600. The van der Waals surface area contributed by atoms with Crippen molar-refractivity contribution < 1.29 is 38.5 Å². The predicted molar refractivity (Wildman–Crippen MR) is 157 cm³/mol. The van der Waals surface area contributed by atoms with Crippen LogP contribution in [0.15, 0.2) is 40.8 Å². The van der Waals surface area contributed by atoms with E-state index in [-0.39, 0.29) is 60.7 Å². The second kappa shape index (κ2) is 13.6. The molecule has 1 aromatic rings. The number of urea groups is 1. The van der Waals surface area contributed by atoms with Crippen molar-refractivity contribution >= 4 is 41.3 Å². The molecule has 6 atom stereocenters. The van der Waals surface area contributed by atoms with Gasteiger partial charge in [-0.1, -0.05) is 11.6 Å². The molecule has 42 heavy (non-hydrogen) atoms. The molecule has 2 heterocycles. The minimum Gasteiger partial charge on any atom is -0.481 e. The van der Waals surface area contributed by atoms with Crippen molar-refractivity contribution in [2.75, 3.05) is 24.8 Å². The van der Waals surface area contributed by atoms with Crippen molar-refractivity contribution in [3.8, 4) is 0 Å². The summed E-state index contributed by atoms with van der Waals surface area (Å²) in [5.74, 6) is -1.64. The topological polar surface area (TPSA) is 159 Å². The number of epoxide rings is 2. The highest BCUT2D eigenvalue weighted by Gasteiger charge is 2.71. The maximum Gasteiger partial charge on any atom is 0.321 e. The van der Waals surface area contributed by atoms with Crippen LogP contribution in [0.25, 0.3) is 0 Å². The predicted octanol–water partition coefficient (Wildman–Crippen LogP) is 3.87. The van der Waals surface area contributed by atoms with Crippen molar-refractivity contribution in [3.05, 3.63) is 35.9 Å². The Labute approximate surface area is 250 Å². The standard InChI is InChI=1S/C30H41N3O8S/c1-18(2)8-13-22-29(3,41-22)27-26(39-4)21(14-15-30(27)17-40-30)32-28(38)33-24(35)16-42-20-11-9-19(10-12-20)31-23(34)6-5-7-25(36)37/h8-12,21-22,26-27H,5-7,13-17H2,1-4H3,(H,31,34)(H,36,37)(H2,32,33,35,38)/t21-,22-,26-,27-,29-,30+/m1/s1. The van der Waals surface area contributed by atoms with Crippen molar-refractivity contribution in [1.29, 1.82) is 0 Å². The SMILES string of the molecule is CO[C@@H]1[C@H](NC(=O)NC(=O)CSc2ccc(NC(=O)CCCC(=O)O)cc2)CC[C@]2(CO2)[C@H]1[C@]1(C)O[C@@H]1CC=C(C)C. The number of anilines is 1. The summed E-state index contributed by atoms with van der Waals surface area (Å²) in [5.41, 5.74) is 1.11. The number of aliphatic carboxylic acids is 1. The molecule has 1 spiro atoms. The number of hydrogen-bond donors (Lipinski definition) is 4. The number of carboxylic acids is 1. The van der Waals surface area contributed by atoms with Gasteiger partial charge in [0.25, 0.3) is 0 Å². The Morgan fingerprint density at radius 2 is 1.86 bits per heavy atom. The van der Waals surface area contributed by atoms with Crippen LogP contribution < -0.4 is 16.0 Å². The van der Waals surface area contributed by atoms with Crippen LogP contribution in [0.3, 0.4) is 0 Å². The van der Waals surface area contributed by atoms with Crippen LogP contribution in [0.1, 0.15) is 59.3 Å². The molecule has 0 unspecified atom stereocenters. The second-order valence-electron chi connectivity index (χ2n) is 11.6. The van der Waals surface area contributed by atoms with Crippen LogP contribution in [-0.4, -0.2) is 77.8 Å². The molecule has 1 saturated carbocycles. The van der Waals surface area contributed by atoms with E-state index in [2.05, 4.69) is 42.8 Å². The molecule has 1 aromatic carbocycles. The second-order valence-corrected chi connectivity index (χ2v) is 12.7. The van der Waals surface area contributed by atoms with Crippen LogP contribution in [0.4, 0.5) is 10.5 Å². The molecular weight excluding hydrogens is 562 g/mol. The first-order valence-electron chi connectivity index (χ1n) is 14.3. The number of nitrogens with one attached hydrogen (secondary N) is 3. The number of carbonyl (C=O) groups is 4. The monoisotopic (exact) mass is 603 g/mol. The van der Waals surface area contributed by atoms with Crippen molar-refractivity contribution in [2.24, 2.45) is 5.92 Å². The largest absolute Gasteiger partial charge is 0.481 e. The number of methoxy groups -OCH3 is 1. The summed E-state index contributed by atoms with van der Waals surface area (Å²) in [6.45, 7) is 6.88. The fourth-order valence-corrected chi connectivity index (χ4v) is 6.61. The first-order valence-corrected chi connectivity index (χ1v) is 15.3. The molecule has 4 rings (SSSR count). The highest BCUT2D eigenvalue weighted by atomic mass is 32.2. The van der Waals surface area contributed by atoms with Crippen LogP contribution in [-0.2, 0) is 28.6 Å². The van der Waals surface area contributed by atoms with Crippen LogP contribution in [0, 0.1) is 5.92 Å². The molecule has 230 valence electrons. The van der Waals surface area contributed by atoms with Gasteiger partial charge in [-0.15, -0.1) is 11.8 Å². The van der Waals surface area contributed by atoms with Gasteiger partial charge >= 0.3 is 12.0 Å². The Morgan fingerprint density at radius 1 is 1.14 bits per heavy atom. The maximum atomic E-state index is 12.8. The lowest BCUT2D eigenvalue weighted by Gasteiger charge is -2.43. The molecule has 1 aliphatic carbocycles. The zero-order valence-corrected chi connectivity index (χ0v) is 25.4. The number of benzene rings is 1. The lowest BCUT2D eigenvalue weighted by atomic mass is 9.67. The highest BCUT2D eigenvalue weighted by Crippen LogP contribution is 2.59. The van der Waals surface area contributed by atoms with E-state index in [4.69, 9.17) is 19.3 Å². The van der Waals surface area contributed by atoms with E-state index in [0.717, 1.165) is 17.7 Å². The number of rotatable bonds is 13. The lowest BCUT2D eigenvalue weighted by Crippen LogP contribution is -2.60. The molecule has 3 fully saturated rings. The number of ether oxygens (including phenoxy) is 3. The summed E-state index contributed by atoms with van der Waals surface area (Å²) in [4.78, 5) is 48.6. The average Bonchev–Trinajstić information content (AvgIpc) is 3.84. The quantitative estimate of drug-likeness (QED) is 0.149. The van der Waals surface area contributed by atoms with Gasteiger partial charge < -0.3 is 30.0 Å². The van der Waals surface area contributed by atoms with E-state index in [0.29, 0.717) is 18.7 Å². The average molecular weight is 604 g/mol. The number of thioether (sulfide) groups is 1. The molecule has 11 nitrogen and oxygen atoms in total. The number of carbonyl (C=O) groups excluding carboxylic acids is 3. The third kappa shape index (κ3) is 8.12. The Hall–Kier alpha value is -2.93. The summed E-state index contributed by atoms with van der Waals surface area (Å²) >= 11 is 1.26. The molecule has 4 amide bonds. The lowest BCUT2D eigenvalue weighted by molar-refractivity contribution is -0.137. The third-order valence-electron chi connectivity index (χ3n) is 8.17. The van der Waals surface area contributed by atoms with Crippen LogP contribution in [0.5, 0.6) is 0 Å². The summed E-state index contributed by atoms with van der Waals surface area (Å²) in [5, 5.41) is 16.8. The molecule has 0 radical (unpaired) electrons. The van der Waals surface area contributed by atoms with Crippen molar-refractivity contribution in [3.63, 3.8) is 0 Å². The highest BCUT2D eigenvalue weighted by molar-refractivity contribution is 8.00. The zero-order valence-electron chi connectivity index (χ0n) is 24.6. The van der Waals surface area contributed by atoms with Gasteiger partial charge in [0, 0.05) is 36.5 Å². The van der Waals surface area contributed by atoms with E-state index < -0.39 is 23.5 Å². The smallest absolute Gasteiger partial charge is 0.321 e. The minimum atomic E-state index is -0.934. The Balaban J connectivity index is 1.24. The van der Waals surface area contributed by atoms with Crippen LogP contribution in [0.2, 0.25) is 0 Å². The van der Waals surface area contributed by atoms with E-state index in [1.807, 2.05) is 0 Å². The normalized spacial score (nSPS) is 29.3. The summed E-state index contributed by atoms with van der Waals surface area (Å²) in [7, 11) is 1.64. The molecule has 12 heteroatoms. The summed E-state index contributed by atoms with van der Waals surface area (Å²) < 4.78 is 18.1. The Morgan fingerprint density at radius 3 is 2.48 bits per heavy atom. The third-order valence-corrected chi connectivity index (χ3v) is 9.18. The molecule has 2 saturated heterocycles. The van der Waals surface area contributed by atoms with Gasteiger partial charge in [-0.05, 0) is 70.7 Å². The molecule has 0 bridgehead atoms. The van der Waals surface area contributed by atoms with Gasteiger partial charge in [0.2, 0.25) is 11.8 Å². The van der Waals surface area contributed by atoms with Gasteiger partial charge in [0.05, 0.1) is 36.2 Å². The van der Waals surface area contributed by atoms with E-state index in [1.165, 1.54) is 17.3 Å². The van der Waals surface area contributed by atoms with Gasteiger partial charge in [0.1, 0.15) is 5.60 Å². The summed E-state index contributed by atoms with van der Waals surface area (Å²) in [6.07, 6.45) is 4.51. The van der Waals surface area contributed by atoms with Gasteiger partial charge in [-0.25, -0.2) is 4.79 Å². The first-order chi connectivity index (χ1) is 20.0. The Kier molecular flexibility index (Phi) is 10.3. The zero-order chi connectivity index (χ0) is 30.5. The van der Waals surface area contributed by atoms with Gasteiger partial charge in [0.15, 0.2) is 0 Å². The van der Waals surface area contributed by atoms with E-state index in [9.17, 15) is 19.2 Å². The molecule has 3 aliphatic rings. The maximum absolute atomic E-state index is 12.8. The Bertz CT molecular complexity index is 1200. The van der Waals surface area contributed by atoms with E-state index in [1.54, 1.807) is 31.4 Å². The van der Waals surface area contributed by atoms with Gasteiger partial charge in [-0.3, -0.25) is 19.7 Å². The first kappa shape index (κ1) is 32.0. The number of hydrogen-bond acceptors (Lipinski definition) is 8. The molecule has 2 aliphatic heterocycles. The number of amides is 4. The molecule has 0 aromatic heterocycles. The van der Waals surface area contributed by atoms with E-state index >= 15 is 0 Å². The fourth-order valence-electron chi connectivity index (χ4n) is 5.92. The molecular formula is C30H41N3O8S. The summed E-state index contributed by atoms with van der Waals surface area (Å²) in [6, 6.07) is 6.07. The number of allylic oxidation sites excluding steroid dienone is 1. The molecule has 4 N–H and O–H groups in total. The van der Waals surface area contributed by atoms with Crippen molar-refractivity contribution in [2.45, 2.75) is 93.6 Å².